The van der Waals surface area contributed by atoms with Crippen molar-refractivity contribution in [1.82, 2.24) is 4.90 Å². The molecule has 2 rings (SSSR count). The maximum Gasteiger partial charge on any atom is 0.340 e. The van der Waals surface area contributed by atoms with Gasteiger partial charge in [0.05, 0.1) is 17.6 Å². The molecule has 0 unspecified atom stereocenters. The number of non-ortho nitro benzene ring substituents is 1. The zero-order valence-electron chi connectivity index (χ0n) is 12.0. The third-order valence-electron chi connectivity index (χ3n) is 3.56. The summed E-state index contributed by atoms with van der Waals surface area (Å²) in [7, 11) is 1.26. The van der Waals surface area contributed by atoms with Gasteiger partial charge in [0.25, 0.3) is 5.69 Å². The minimum absolute atomic E-state index is 0.125. The first kappa shape index (κ1) is 15.2. The number of carbonyl (C=O) groups is 1. The number of nitro benzene ring substituents is 1. The van der Waals surface area contributed by atoms with Crippen molar-refractivity contribution >= 4 is 17.3 Å². The van der Waals surface area contributed by atoms with Gasteiger partial charge in [-0.15, -0.1) is 0 Å². The van der Waals surface area contributed by atoms with Gasteiger partial charge in [-0.3, -0.25) is 10.1 Å². The lowest BCUT2D eigenvalue weighted by atomic mass is 10.1. The number of ether oxygens (including phenoxy) is 1. The van der Waals surface area contributed by atoms with E-state index in [0.29, 0.717) is 12.2 Å². The van der Waals surface area contributed by atoms with E-state index in [2.05, 4.69) is 15.0 Å². The van der Waals surface area contributed by atoms with E-state index in [1.165, 1.54) is 32.1 Å². The largest absolute Gasteiger partial charge is 0.465 e. The highest BCUT2D eigenvalue weighted by atomic mass is 16.6. The highest BCUT2D eigenvalue weighted by Crippen LogP contribution is 2.23. The highest BCUT2D eigenvalue weighted by Gasteiger charge is 2.17. The number of anilines is 1. The first-order valence-corrected chi connectivity index (χ1v) is 6.95. The predicted octanol–water partition coefficient (Wildman–Crippen LogP) is 1.89. The van der Waals surface area contributed by atoms with E-state index >= 15 is 0 Å². The summed E-state index contributed by atoms with van der Waals surface area (Å²) >= 11 is 0. The van der Waals surface area contributed by atoms with Gasteiger partial charge < -0.3 is 15.0 Å². The fourth-order valence-corrected chi connectivity index (χ4v) is 2.43. The molecule has 1 aromatic carbocycles. The van der Waals surface area contributed by atoms with Crippen LogP contribution in [0, 0.1) is 10.1 Å². The standard InChI is InChI=1S/C14H19N3O4/c1-21-14(18)12-10-11(17(19)20)4-5-13(12)15-6-9-16-7-2-3-8-16/h4-5,10,15H,2-3,6-9H2,1H3. The molecule has 114 valence electrons. The molecule has 1 heterocycles. The summed E-state index contributed by atoms with van der Waals surface area (Å²) in [6.07, 6.45) is 2.45. The Bertz CT molecular complexity index is 527. The number of esters is 1. The molecular weight excluding hydrogens is 274 g/mol. The number of rotatable bonds is 6. The molecule has 1 aliphatic rings. The molecule has 0 bridgehead atoms. The van der Waals surface area contributed by atoms with Gasteiger partial charge in [0, 0.05) is 30.9 Å². The lowest BCUT2D eigenvalue weighted by Crippen LogP contribution is -2.26. The minimum atomic E-state index is -0.581. The molecule has 1 saturated heterocycles. The van der Waals surface area contributed by atoms with E-state index in [-0.39, 0.29) is 11.3 Å². The van der Waals surface area contributed by atoms with Gasteiger partial charge in [-0.2, -0.15) is 0 Å². The predicted molar refractivity (Wildman–Crippen MR) is 78.6 cm³/mol. The molecule has 1 fully saturated rings. The number of hydrogen-bond donors (Lipinski definition) is 1. The molecule has 7 nitrogen and oxygen atoms in total. The monoisotopic (exact) mass is 293 g/mol. The molecular formula is C14H19N3O4. The van der Waals surface area contributed by atoms with Crippen LogP contribution in [0.4, 0.5) is 11.4 Å². The molecule has 21 heavy (non-hydrogen) atoms. The number of nitrogens with zero attached hydrogens (tertiary/aromatic N) is 2. The molecule has 0 radical (unpaired) electrons. The number of nitro groups is 1. The molecule has 0 atom stereocenters. The van der Waals surface area contributed by atoms with Crippen LogP contribution < -0.4 is 5.32 Å². The molecule has 7 heteroatoms. The lowest BCUT2D eigenvalue weighted by molar-refractivity contribution is -0.384. The summed E-state index contributed by atoms with van der Waals surface area (Å²) < 4.78 is 4.68. The number of methoxy groups -OCH3 is 1. The lowest BCUT2D eigenvalue weighted by Gasteiger charge is -2.16. The second-order valence-corrected chi connectivity index (χ2v) is 4.95. The Balaban J connectivity index is 2.05. The molecule has 1 aliphatic heterocycles. The molecule has 0 spiro atoms. The van der Waals surface area contributed by atoms with Crippen molar-refractivity contribution in [3.05, 3.63) is 33.9 Å². The average Bonchev–Trinajstić information content (AvgIpc) is 2.99. The van der Waals surface area contributed by atoms with Crippen molar-refractivity contribution in [2.75, 3.05) is 38.6 Å². The summed E-state index contributed by atoms with van der Waals surface area (Å²) in [6, 6.07) is 4.17. The van der Waals surface area contributed by atoms with Crippen molar-refractivity contribution < 1.29 is 14.5 Å². The number of hydrogen-bond acceptors (Lipinski definition) is 6. The van der Waals surface area contributed by atoms with Gasteiger partial charge in [-0.05, 0) is 32.0 Å². The maximum atomic E-state index is 11.7. The summed E-state index contributed by atoms with van der Waals surface area (Å²) in [5, 5.41) is 13.9. The Kier molecular flexibility index (Phi) is 5.10. The van der Waals surface area contributed by atoms with Crippen molar-refractivity contribution in [1.29, 1.82) is 0 Å². The van der Waals surface area contributed by atoms with Gasteiger partial charge in [0.2, 0.25) is 0 Å². The Morgan fingerprint density at radius 2 is 2.14 bits per heavy atom. The van der Waals surface area contributed by atoms with Gasteiger partial charge in [-0.25, -0.2) is 4.79 Å². The van der Waals surface area contributed by atoms with E-state index in [1.807, 2.05) is 0 Å². The number of nitrogens with one attached hydrogen (secondary N) is 1. The zero-order valence-corrected chi connectivity index (χ0v) is 12.0. The van der Waals surface area contributed by atoms with E-state index in [0.717, 1.165) is 19.6 Å². The van der Waals surface area contributed by atoms with Crippen LogP contribution in [0.5, 0.6) is 0 Å². The second-order valence-electron chi connectivity index (χ2n) is 4.95. The maximum absolute atomic E-state index is 11.7. The quantitative estimate of drug-likeness (QED) is 0.490. The summed E-state index contributed by atoms with van der Waals surface area (Å²) in [6.45, 7) is 3.77. The highest BCUT2D eigenvalue weighted by molar-refractivity contribution is 5.96. The fourth-order valence-electron chi connectivity index (χ4n) is 2.43. The third-order valence-corrected chi connectivity index (χ3v) is 3.56. The first-order valence-electron chi connectivity index (χ1n) is 6.95. The van der Waals surface area contributed by atoms with Crippen LogP contribution in [0.2, 0.25) is 0 Å². The van der Waals surface area contributed by atoms with E-state index in [1.54, 1.807) is 6.07 Å². The van der Waals surface area contributed by atoms with Crippen LogP contribution in [0.15, 0.2) is 18.2 Å². The van der Waals surface area contributed by atoms with E-state index < -0.39 is 10.9 Å². The zero-order chi connectivity index (χ0) is 15.2. The molecule has 0 aliphatic carbocycles. The van der Waals surface area contributed by atoms with E-state index in [4.69, 9.17) is 0 Å². The van der Waals surface area contributed by atoms with Crippen LogP contribution in [-0.2, 0) is 4.74 Å². The van der Waals surface area contributed by atoms with Gasteiger partial charge in [0.1, 0.15) is 0 Å². The molecule has 0 saturated carbocycles. The minimum Gasteiger partial charge on any atom is -0.465 e. The van der Waals surface area contributed by atoms with Crippen LogP contribution in [0.3, 0.4) is 0 Å². The summed E-state index contributed by atoms with van der Waals surface area (Å²) in [5.41, 5.74) is 0.625. The molecule has 1 N–H and O–H groups in total. The van der Waals surface area contributed by atoms with Crippen LogP contribution >= 0.6 is 0 Å². The number of benzene rings is 1. The van der Waals surface area contributed by atoms with Crippen LogP contribution in [0.1, 0.15) is 23.2 Å². The Labute approximate surface area is 123 Å². The van der Waals surface area contributed by atoms with Crippen LogP contribution in [0.25, 0.3) is 0 Å². The summed E-state index contributed by atoms with van der Waals surface area (Å²) in [4.78, 5) is 24.3. The summed E-state index contributed by atoms with van der Waals surface area (Å²) in [5.74, 6) is -0.581. The Morgan fingerprint density at radius 1 is 1.43 bits per heavy atom. The first-order chi connectivity index (χ1) is 10.1. The number of likely N-dealkylation sites (tertiary alicyclic amines) is 1. The molecule has 0 amide bonds. The molecule has 1 aromatic rings. The third kappa shape index (κ3) is 3.91. The normalized spacial score (nSPS) is 14.9. The van der Waals surface area contributed by atoms with Crippen LogP contribution in [-0.4, -0.2) is 49.1 Å². The van der Waals surface area contributed by atoms with Crippen molar-refractivity contribution in [3.8, 4) is 0 Å². The van der Waals surface area contributed by atoms with Gasteiger partial charge in [-0.1, -0.05) is 0 Å². The average molecular weight is 293 g/mol. The van der Waals surface area contributed by atoms with Crippen molar-refractivity contribution in [2.45, 2.75) is 12.8 Å². The topological polar surface area (TPSA) is 84.7 Å². The number of carbonyl (C=O) groups excluding carboxylic acids is 1. The van der Waals surface area contributed by atoms with Crippen molar-refractivity contribution in [3.63, 3.8) is 0 Å². The smallest absolute Gasteiger partial charge is 0.340 e. The van der Waals surface area contributed by atoms with Gasteiger partial charge >= 0.3 is 5.97 Å². The Morgan fingerprint density at radius 3 is 2.76 bits per heavy atom. The molecule has 0 aromatic heterocycles. The second kappa shape index (κ2) is 7.03. The fraction of sp³-hybridized carbons (Fsp3) is 0.500. The van der Waals surface area contributed by atoms with Crippen molar-refractivity contribution in [2.24, 2.45) is 0 Å². The Hall–Kier alpha value is -2.15. The van der Waals surface area contributed by atoms with Gasteiger partial charge in [0.15, 0.2) is 0 Å². The van der Waals surface area contributed by atoms with E-state index in [9.17, 15) is 14.9 Å². The SMILES string of the molecule is COC(=O)c1cc([N+](=O)[O-])ccc1NCCN1CCCC1.